The van der Waals surface area contributed by atoms with Crippen LogP contribution in [-0.4, -0.2) is 80.0 Å². The maximum absolute atomic E-state index is 13.5. The number of aliphatic hydroxyl groups is 1. The number of fused-ring (bicyclic) bond motifs is 1. The second kappa shape index (κ2) is 10.7. The van der Waals surface area contributed by atoms with Crippen molar-refractivity contribution in [2.45, 2.75) is 37.5 Å². The van der Waals surface area contributed by atoms with Crippen LogP contribution >= 0.6 is 11.3 Å². The molecular formula is C24H32N2O5S. The van der Waals surface area contributed by atoms with Crippen molar-refractivity contribution in [3.8, 4) is 11.5 Å². The second-order valence-electron chi connectivity index (χ2n) is 8.38. The van der Waals surface area contributed by atoms with Crippen molar-refractivity contribution in [1.29, 1.82) is 0 Å². The summed E-state index contributed by atoms with van der Waals surface area (Å²) in [5.41, 5.74) is 1.17. The van der Waals surface area contributed by atoms with Crippen LogP contribution in [-0.2, 0) is 16.0 Å². The molecule has 1 amide bonds. The Balaban J connectivity index is 1.47. The molecule has 0 saturated heterocycles. The molecule has 1 N–H and O–H groups in total. The quantitative estimate of drug-likeness (QED) is 0.556. The zero-order chi connectivity index (χ0) is 22.5. The van der Waals surface area contributed by atoms with E-state index < -0.39 is 6.10 Å². The standard InChI is InChI=1S/C24H32N2O5S/c1-29-15-18(27)13-25(17-7-8-17)14-24(28)26-11-9-23-19(10-12-32-23)20(26)16-31-22-6-4-3-5-21(22)30-2/h3-6,10,12,17-18,20,27H,7-9,11,13-16H2,1-2H3/t18-,20+/m0/s1. The zero-order valence-corrected chi connectivity index (χ0v) is 19.6. The van der Waals surface area contributed by atoms with Gasteiger partial charge < -0.3 is 24.2 Å². The minimum Gasteiger partial charge on any atom is -0.493 e. The predicted octanol–water partition coefficient (Wildman–Crippen LogP) is 2.73. The number of nitrogens with zero attached hydrogens (tertiary/aromatic N) is 2. The van der Waals surface area contributed by atoms with Gasteiger partial charge in [0.05, 0.1) is 32.4 Å². The Morgan fingerprint density at radius 1 is 1.25 bits per heavy atom. The molecule has 2 aliphatic rings. The van der Waals surface area contributed by atoms with Gasteiger partial charge in [-0.1, -0.05) is 12.1 Å². The number of amides is 1. The number of ether oxygens (including phenoxy) is 3. The van der Waals surface area contributed by atoms with Gasteiger partial charge in [0.1, 0.15) is 6.61 Å². The lowest BCUT2D eigenvalue weighted by molar-refractivity contribution is -0.136. The molecule has 1 aromatic heterocycles. The van der Waals surface area contributed by atoms with E-state index in [1.165, 1.54) is 10.4 Å². The molecule has 0 spiro atoms. The number of methoxy groups -OCH3 is 2. The lowest BCUT2D eigenvalue weighted by Gasteiger charge is -2.37. The summed E-state index contributed by atoms with van der Waals surface area (Å²) in [6.45, 7) is 2.06. The molecule has 1 saturated carbocycles. The number of para-hydroxylation sites is 2. The lowest BCUT2D eigenvalue weighted by atomic mass is 10.0. The highest BCUT2D eigenvalue weighted by molar-refractivity contribution is 7.10. The summed E-state index contributed by atoms with van der Waals surface area (Å²) in [6.07, 6.45) is 2.41. The second-order valence-corrected chi connectivity index (χ2v) is 9.38. The third-order valence-corrected chi connectivity index (χ3v) is 7.08. The molecule has 0 unspecified atom stereocenters. The fraction of sp³-hybridized carbons (Fsp3) is 0.542. The van der Waals surface area contributed by atoms with Crippen molar-refractivity contribution in [1.82, 2.24) is 9.80 Å². The number of hydrogen-bond acceptors (Lipinski definition) is 7. The number of aliphatic hydroxyl groups excluding tert-OH is 1. The predicted molar refractivity (Wildman–Crippen MR) is 123 cm³/mol. The van der Waals surface area contributed by atoms with Crippen LogP contribution in [0.25, 0.3) is 0 Å². The Morgan fingerprint density at radius 3 is 2.75 bits per heavy atom. The fourth-order valence-electron chi connectivity index (χ4n) is 4.34. The highest BCUT2D eigenvalue weighted by Crippen LogP contribution is 2.36. The maximum Gasteiger partial charge on any atom is 0.237 e. The zero-order valence-electron chi connectivity index (χ0n) is 18.7. The summed E-state index contributed by atoms with van der Waals surface area (Å²) < 4.78 is 16.6. The Morgan fingerprint density at radius 2 is 2.03 bits per heavy atom. The molecular weight excluding hydrogens is 428 g/mol. The summed E-state index contributed by atoms with van der Waals surface area (Å²) in [4.78, 5) is 18.8. The molecule has 1 aliphatic carbocycles. The van der Waals surface area contributed by atoms with E-state index >= 15 is 0 Å². The van der Waals surface area contributed by atoms with Gasteiger partial charge in [0.15, 0.2) is 11.5 Å². The van der Waals surface area contributed by atoms with Gasteiger partial charge in [-0.15, -0.1) is 11.3 Å². The molecule has 8 heteroatoms. The Labute approximate surface area is 193 Å². The minimum absolute atomic E-state index is 0.0759. The Hall–Kier alpha value is -2.13. The summed E-state index contributed by atoms with van der Waals surface area (Å²) in [7, 11) is 3.20. The molecule has 1 aliphatic heterocycles. The van der Waals surface area contributed by atoms with Crippen molar-refractivity contribution in [3.63, 3.8) is 0 Å². The van der Waals surface area contributed by atoms with Crippen LogP contribution in [0.3, 0.4) is 0 Å². The van der Waals surface area contributed by atoms with E-state index in [1.807, 2.05) is 29.2 Å². The summed E-state index contributed by atoms with van der Waals surface area (Å²) in [5, 5.41) is 12.3. The third-order valence-electron chi connectivity index (χ3n) is 6.09. The molecule has 0 bridgehead atoms. The van der Waals surface area contributed by atoms with E-state index in [4.69, 9.17) is 14.2 Å². The fourth-order valence-corrected chi connectivity index (χ4v) is 5.27. The molecule has 2 aromatic rings. The van der Waals surface area contributed by atoms with E-state index in [0.29, 0.717) is 43.8 Å². The number of benzene rings is 1. The monoisotopic (exact) mass is 460 g/mol. The lowest BCUT2D eigenvalue weighted by Crippen LogP contribution is -2.48. The van der Waals surface area contributed by atoms with Crippen molar-refractivity contribution in [2.24, 2.45) is 0 Å². The largest absolute Gasteiger partial charge is 0.493 e. The van der Waals surface area contributed by atoms with E-state index in [0.717, 1.165) is 19.3 Å². The van der Waals surface area contributed by atoms with E-state index in [-0.39, 0.29) is 18.6 Å². The first-order valence-electron chi connectivity index (χ1n) is 11.1. The van der Waals surface area contributed by atoms with Crippen LogP contribution in [0.4, 0.5) is 0 Å². The minimum atomic E-state index is -0.595. The van der Waals surface area contributed by atoms with Crippen molar-refractivity contribution >= 4 is 17.2 Å². The number of carbonyl (C=O) groups is 1. The van der Waals surface area contributed by atoms with Gasteiger partial charge in [-0.05, 0) is 48.4 Å². The number of rotatable bonds is 11. The molecule has 4 rings (SSSR count). The first kappa shape index (κ1) is 23.0. The van der Waals surface area contributed by atoms with E-state index in [9.17, 15) is 9.90 Å². The Bertz CT molecular complexity index is 900. The van der Waals surface area contributed by atoms with Gasteiger partial charge in [-0.3, -0.25) is 9.69 Å². The van der Waals surface area contributed by atoms with Gasteiger partial charge in [0, 0.05) is 31.1 Å². The van der Waals surface area contributed by atoms with Crippen LogP contribution in [0.1, 0.15) is 29.3 Å². The average Bonchev–Trinajstić information content (AvgIpc) is 3.54. The number of hydrogen-bond donors (Lipinski definition) is 1. The normalized spacial score (nSPS) is 19.0. The van der Waals surface area contributed by atoms with Gasteiger partial charge in [0.2, 0.25) is 5.91 Å². The molecule has 1 fully saturated rings. The average molecular weight is 461 g/mol. The summed E-state index contributed by atoms with van der Waals surface area (Å²) >= 11 is 1.74. The van der Waals surface area contributed by atoms with E-state index in [1.54, 1.807) is 25.6 Å². The van der Waals surface area contributed by atoms with Crippen molar-refractivity contribution in [3.05, 3.63) is 46.2 Å². The van der Waals surface area contributed by atoms with Gasteiger partial charge in [-0.2, -0.15) is 0 Å². The molecule has 32 heavy (non-hydrogen) atoms. The van der Waals surface area contributed by atoms with E-state index in [2.05, 4.69) is 16.3 Å². The number of thiophene rings is 1. The topological polar surface area (TPSA) is 71.5 Å². The van der Waals surface area contributed by atoms with Crippen LogP contribution < -0.4 is 9.47 Å². The van der Waals surface area contributed by atoms with Crippen molar-refractivity contribution in [2.75, 3.05) is 47.1 Å². The van der Waals surface area contributed by atoms with Crippen LogP contribution in [0.15, 0.2) is 35.7 Å². The first-order valence-corrected chi connectivity index (χ1v) is 12.0. The molecule has 0 radical (unpaired) electrons. The molecule has 2 heterocycles. The van der Waals surface area contributed by atoms with Gasteiger partial charge >= 0.3 is 0 Å². The summed E-state index contributed by atoms with van der Waals surface area (Å²) in [6, 6.07) is 9.90. The SMILES string of the molecule is COC[C@@H](O)CN(CC(=O)N1CCc2sccc2[C@H]1COc1ccccc1OC)C1CC1. The highest BCUT2D eigenvalue weighted by Gasteiger charge is 2.36. The van der Waals surface area contributed by atoms with Crippen molar-refractivity contribution < 1.29 is 24.1 Å². The van der Waals surface area contributed by atoms with Gasteiger partial charge in [0.25, 0.3) is 0 Å². The highest BCUT2D eigenvalue weighted by atomic mass is 32.1. The third kappa shape index (κ3) is 5.43. The smallest absolute Gasteiger partial charge is 0.237 e. The van der Waals surface area contributed by atoms with Crippen LogP contribution in [0, 0.1) is 0 Å². The van der Waals surface area contributed by atoms with Crippen LogP contribution in [0.5, 0.6) is 11.5 Å². The van der Waals surface area contributed by atoms with Gasteiger partial charge in [-0.25, -0.2) is 0 Å². The molecule has 174 valence electrons. The molecule has 1 aromatic carbocycles. The number of carbonyl (C=O) groups excluding carboxylic acids is 1. The maximum atomic E-state index is 13.5. The summed E-state index contributed by atoms with van der Waals surface area (Å²) in [5.74, 6) is 1.43. The molecule has 7 nitrogen and oxygen atoms in total. The Kier molecular flexibility index (Phi) is 7.67. The molecule has 2 atom stereocenters. The van der Waals surface area contributed by atoms with Crippen LogP contribution in [0.2, 0.25) is 0 Å². The first-order chi connectivity index (χ1) is 15.6.